The van der Waals surface area contributed by atoms with Gasteiger partial charge in [0.05, 0.1) is 10.6 Å². The lowest BCUT2D eigenvalue weighted by atomic mass is 10.1. The molecule has 7 nitrogen and oxygen atoms in total. The molecule has 196 valence electrons. The Morgan fingerprint density at radius 2 is 1.46 bits per heavy atom. The third-order valence-electron chi connectivity index (χ3n) is 5.71. The number of amides is 2. The molecule has 0 saturated carbocycles. The van der Waals surface area contributed by atoms with Gasteiger partial charge in [0.1, 0.15) is 12.6 Å². The Labute approximate surface area is 228 Å². The van der Waals surface area contributed by atoms with Gasteiger partial charge in [-0.3, -0.25) is 13.9 Å². The summed E-state index contributed by atoms with van der Waals surface area (Å²) >= 11 is 12.0. The fourth-order valence-corrected chi connectivity index (χ4v) is 5.29. The molecule has 10 heteroatoms. The van der Waals surface area contributed by atoms with E-state index in [1.807, 2.05) is 6.92 Å². The number of nitrogens with zero attached hydrogens (tertiary/aromatic N) is 2. The van der Waals surface area contributed by atoms with E-state index in [0.717, 1.165) is 16.3 Å². The van der Waals surface area contributed by atoms with Crippen molar-refractivity contribution in [1.82, 2.24) is 10.2 Å². The summed E-state index contributed by atoms with van der Waals surface area (Å²) in [5.74, 6) is -0.855. The zero-order valence-corrected chi connectivity index (χ0v) is 22.9. The number of rotatable bonds is 11. The number of hydrogen-bond donors (Lipinski definition) is 1. The molecule has 0 fully saturated rings. The molecule has 2 amide bonds. The molecule has 0 unspecified atom stereocenters. The third-order valence-corrected chi connectivity index (χ3v) is 8.00. The van der Waals surface area contributed by atoms with Crippen LogP contribution in [0, 0.1) is 0 Å². The molecular formula is C27H29Cl2N3O4S. The number of anilines is 1. The van der Waals surface area contributed by atoms with Crippen LogP contribution in [0.4, 0.5) is 5.69 Å². The van der Waals surface area contributed by atoms with Crippen LogP contribution in [0.1, 0.15) is 25.8 Å². The first-order valence-corrected chi connectivity index (χ1v) is 14.0. The SMILES string of the molecule is CCCNC(=O)[C@H](C)N(Cc1ccc(Cl)cc1)C(=O)CN(c1ccccc1)S(=O)(=O)c1ccc(Cl)cc1. The quantitative estimate of drug-likeness (QED) is 0.351. The van der Waals surface area contributed by atoms with Gasteiger partial charge in [-0.2, -0.15) is 0 Å². The molecule has 0 radical (unpaired) electrons. The van der Waals surface area contributed by atoms with Gasteiger partial charge in [0, 0.05) is 23.1 Å². The van der Waals surface area contributed by atoms with Gasteiger partial charge in [-0.15, -0.1) is 0 Å². The highest BCUT2D eigenvalue weighted by atomic mass is 35.5. The van der Waals surface area contributed by atoms with Crippen LogP contribution >= 0.6 is 23.2 Å². The minimum atomic E-state index is -4.13. The first-order chi connectivity index (χ1) is 17.6. The molecule has 0 aromatic heterocycles. The number of carbonyl (C=O) groups excluding carboxylic acids is 2. The lowest BCUT2D eigenvalue weighted by molar-refractivity contribution is -0.139. The molecule has 0 saturated heterocycles. The van der Waals surface area contributed by atoms with Crippen molar-refractivity contribution in [3.8, 4) is 0 Å². The fourth-order valence-electron chi connectivity index (χ4n) is 3.62. The first kappa shape index (κ1) is 28.5. The van der Waals surface area contributed by atoms with E-state index in [1.165, 1.54) is 29.2 Å². The second-order valence-electron chi connectivity index (χ2n) is 8.42. The van der Waals surface area contributed by atoms with Crippen molar-refractivity contribution < 1.29 is 18.0 Å². The number of halogens is 2. The number of para-hydroxylation sites is 1. The number of carbonyl (C=O) groups is 2. The van der Waals surface area contributed by atoms with E-state index in [-0.39, 0.29) is 17.3 Å². The molecule has 0 spiro atoms. The van der Waals surface area contributed by atoms with Crippen LogP contribution in [0.5, 0.6) is 0 Å². The molecule has 0 bridgehead atoms. The van der Waals surface area contributed by atoms with E-state index >= 15 is 0 Å². The summed E-state index contributed by atoms with van der Waals surface area (Å²) in [4.78, 5) is 27.9. The number of sulfonamides is 1. The van der Waals surface area contributed by atoms with Gasteiger partial charge in [-0.05, 0) is 67.4 Å². The number of nitrogens with one attached hydrogen (secondary N) is 1. The van der Waals surface area contributed by atoms with Crippen LogP contribution in [0.15, 0.2) is 83.8 Å². The van der Waals surface area contributed by atoms with Gasteiger partial charge in [0.15, 0.2) is 0 Å². The molecule has 3 aromatic carbocycles. The Balaban J connectivity index is 1.98. The molecule has 0 aliphatic heterocycles. The summed E-state index contributed by atoms with van der Waals surface area (Å²) in [6.45, 7) is 3.61. The highest BCUT2D eigenvalue weighted by Crippen LogP contribution is 2.25. The lowest BCUT2D eigenvalue weighted by Crippen LogP contribution is -2.51. The van der Waals surface area contributed by atoms with Crippen molar-refractivity contribution in [1.29, 1.82) is 0 Å². The second-order valence-corrected chi connectivity index (χ2v) is 11.2. The average molecular weight is 563 g/mol. The summed E-state index contributed by atoms with van der Waals surface area (Å²) in [5, 5.41) is 3.74. The molecule has 3 aromatic rings. The van der Waals surface area contributed by atoms with E-state index in [0.29, 0.717) is 22.3 Å². The van der Waals surface area contributed by atoms with E-state index in [4.69, 9.17) is 23.2 Å². The molecule has 0 aliphatic rings. The van der Waals surface area contributed by atoms with Gasteiger partial charge < -0.3 is 10.2 Å². The van der Waals surface area contributed by atoms with Crippen molar-refractivity contribution in [2.24, 2.45) is 0 Å². The largest absolute Gasteiger partial charge is 0.354 e. The van der Waals surface area contributed by atoms with Gasteiger partial charge in [0.2, 0.25) is 11.8 Å². The van der Waals surface area contributed by atoms with Crippen molar-refractivity contribution >= 4 is 50.7 Å². The van der Waals surface area contributed by atoms with Gasteiger partial charge >= 0.3 is 0 Å². The number of hydrogen-bond acceptors (Lipinski definition) is 4. The first-order valence-electron chi connectivity index (χ1n) is 11.8. The highest BCUT2D eigenvalue weighted by molar-refractivity contribution is 7.92. The van der Waals surface area contributed by atoms with Crippen molar-refractivity contribution in [2.45, 2.75) is 37.8 Å². The minimum Gasteiger partial charge on any atom is -0.354 e. The van der Waals surface area contributed by atoms with Crippen LogP contribution in [0.3, 0.4) is 0 Å². The summed E-state index contributed by atoms with van der Waals surface area (Å²) in [6.07, 6.45) is 0.741. The minimum absolute atomic E-state index is 0.00783. The van der Waals surface area contributed by atoms with Gasteiger partial charge in [-0.1, -0.05) is 60.5 Å². The Bertz CT molecular complexity index is 1300. The Morgan fingerprint density at radius 1 is 0.892 bits per heavy atom. The van der Waals surface area contributed by atoms with E-state index < -0.39 is 28.5 Å². The molecule has 0 heterocycles. The van der Waals surface area contributed by atoms with Crippen LogP contribution in [0.2, 0.25) is 10.0 Å². The summed E-state index contributed by atoms with van der Waals surface area (Å²) in [7, 11) is -4.13. The lowest BCUT2D eigenvalue weighted by Gasteiger charge is -2.32. The Kier molecular flexibility index (Phi) is 9.97. The maximum atomic E-state index is 13.7. The Hall–Kier alpha value is -3.07. The van der Waals surface area contributed by atoms with E-state index in [1.54, 1.807) is 61.5 Å². The topological polar surface area (TPSA) is 86.8 Å². The molecule has 3 rings (SSSR count). The third kappa shape index (κ3) is 7.47. The zero-order chi connectivity index (χ0) is 27.0. The van der Waals surface area contributed by atoms with Crippen molar-refractivity contribution in [3.05, 3.63) is 94.5 Å². The fraction of sp³-hybridized carbons (Fsp3) is 0.259. The van der Waals surface area contributed by atoms with Crippen molar-refractivity contribution in [2.75, 3.05) is 17.4 Å². The maximum absolute atomic E-state index is 13.7. The van der Waals surface area contributed by atoms with E-state index in [2.05, 4.69) is 5.32 Å². The summed E-state index contributed by atoms with van der Waals surface area (Å²) in [6, 6.07) is 20.2. The van der Waals surface area contributed by atoms with Gasteiger partial charge in [0.25, 0.3) is 10.0 Å². The van der Waals surface area contributed by atoms with Crippen molar-refractivity contribution in [3.63, 3.8) is 0 Å². The van der Waals surface area contributed by atoms with E-state index in [9.17, 15) is 18.0 Å². The highest BCUT2D eigenvalue weighted by Gasteiger charge is 2.32. The van der Waals surface area contributed by atoms with Crippen LogP contribution < -0.4 is 9.62 Å². The predicted octanol–water partition coefficient (Wildman–Crippen LogP) is 5.13. The second kappa shape index (κ2) is 12.9. The summed E-state index contributed by atoms with van der Waals surface area (Å²) in [5.41, 5.74) is 1.07. The molecule has 1 atom stereocenters. The van der Waals surface area contributed by atoms with Gasteiger partial charge in [-0.25, -0.2) is 8.42 Å². The molecule has 37 heavy (non-hydrogen) atoms. The monoisotopic (exact) mass is 561 g/mol. The molecule has 1 N–H and O–H groups in total. The van der Waals surface area contributed by atoms with Crippen LogP contribution in [-0.4, -0.2) is 44.3 Å². The zero-order valence-electron chi connectivity index (χ0n) is 20.6. The maximum Gasteiger partial charge on any atom is 0.264 e. The normalized spacial score (nSPS) is 12.0. The average Bonchev–Trinajstić information content (AvgIpc) is 2.90. The molecule has 0 aliphatic carbocycles. The smallest absolute Gasteiger partial charge is 0.264 e. The predicted molar refractivity (Wildman–Crippen MR) is 147 cm³/mol. The standard InChI is InChI=1S/C27H29Cl2N3O4S/c1-3-17-30-27(34)20(2)31(18-21-9-11-22(28)12-10-21)26(33)19-32(24-7-5-4-6-8-24)37(35,36)25-15-13-23(29)14-16-25/h4-16,20H,3,17-19H2,1-2H3,(H,30,34)/t20-/m0/s1. The van der Waals surface area contributed by atoms with Crippen LogP contribution in [-0.2, 0) is 26.2 Å². The Morgan fingerprint density at radius 3 is 2.03 bits per heavy atom. The summed E-state index contributed by atoms with van der Waals surface area (Å²) < 4.78 is 28.4. The molecular weight excluding hydrogens is 533 g/mol. The number of benzene rings is 3. The van der Waals surface area contributed by atoms with Crippen LogP contribution in [0.25, 0.3) is 0 Å².